The number of nitrogens with zero attached hydrogens (tertiary/aromatic N) is 1. The summed E-state index contributed by atoms with van der Waals surface area (Å²) in [4.78, 5) is 2.44. The lowest BCUT2D eigenvalue weighted by molar-refractivity contribution is 0.279. The zero-order valence-electron chi connectivity index (χ0n) is 16.6. The Balaban J connectivity index is 1.99. The Morgan fingerprint density at radius 3 is 2.44 bits per heavy atom. The smallest absolute Gasteiger partial charge is 0.167 e. The molecule has 27 heavy (non-hydrogen) atoms. The average molecular weight is 435 g/mol. The van der Waals surface area contributed by atoms with Crippen LogP contribution in [0.2, 0.25) is 0 Å². The molecule has 0 amide bonds. The first-order chi connectivity index (χ1) is 13.2. The lowest BCUT2D eigenvalue weighted by atomic mass is 10.1. The van der Waals surface area contributed by atoms with Crippen LogP contribution in [-0.2, 0) is 13.2 Å². The second-order valence-electron chi connectivity index (χ2n) is 6.39. The van der Waals surface area contributed by atoms with E-state index in [1.165, 1.54) is 0 Å². The first kappa shape index (κ1) is 21.7. The molecule has 0 aliphatic heterocycles. The summed E-state index contributed by atoms with van der Waals surface area (Å²) in [5, 5.41) is 3.54. The standard InChI is InChI=1S/C22H31BrN2O2/c1-4-25(5-2)15-9-14-24-16-19-20(23)12-13-21(26-3)22(19)27-17-18-10-7-6-8-11-18/h6-8,10-13,24H,4-5,9,14-17H2,1-3H3. The molecule has 0 aliphatic rings. The van der Waals surface area contributed by atoms with Gasteiger partial charge in [-0.2, -0.15) is 0 Å². The molecule has 0 bridgehead atoms. The second-order valence-corrected chi connectivity index (χ2v) is 7.24. The molecule has 2 rings (SSSR count). The largest absolute Gasteiger partial charge is 0.493 e. The first-order valence-electron chi connectivity index (χ1n) is 9.64. The highest BCUT2D eigenvalue weighted by atomic mass is 79.9. The van der Waals surface area contributed by atoms with Gasteiger partial charge in [0.2, 0.25) is 0 Å². The van der Waals surface area contributed by atoms with E-state index in [9.17, 15) is 0 Å². The second kappa shape index (κ2) is 12.0. The predicted molar refractivity (Wildman–Crippen MR) is 116 cm³/mol. The maximum Gasteiger partial charge on any atom is 0.167 e. The molecule has 0 fully saturated rings. The van der Waals surface area contributed by atoms with E-state index in [0.717, 1.165) is 66.2 Å². The number of methoxy groups -OCH3 is 1. The molecule has 0 radical (unpaired) electrons. The van der Waals surface area contributed by atoms with Gasteiger partial charge in [0.05, 0.1) is 7.11 Å². The number of ether oxygens (including phenoxy) is 2. The molecule has 0 aliphatic carbocycles. The molecule has 1 N–H and O–H groups in total. The Bertz CT molecular complexity index is 676. The minimum absolute atomic E-state index is 0.516. The molecular formula is C22H31BrN2O2. The van der Waals surface area contributed by atoms with E-state index in [-0.39, 0.29) is 0 Å². The Morgan fingerprint density at radius 1 is 1.04 bits per heavy atom. The molecule has 0 unspecified atom stereocenters. The summed E-state index contributed by atoms with van der Waals surface area (Å²) >= 11 is 3.67. The number of nitrogens with one attached hydrogen (secondary N) is 1. The molecular weight excluding hydrogens is 404 g/mol. The molecule has 0 saturated carbocycles. The minimum atomic E-state index is 0.516. The van der Waals surface area contributed by atoms with Gasteiger partial charge >= 0.3 is 0 Å². The molecule has 0 heterocycles. The van der Waals surface area contributed by atoms with Gasteiger partial charge in [-0.3, -0.25) is 0 Å². The zero-order valence-corrected chi connectivity index (χ0v) is 18.2. The Labute approximate surface area is 172 Å². The van der Waals surface area contributed by atoms with Crippen molar-refractivity contribution in [3.05, 3.63) is 58.1 Å². The van der Waals surface area contributed by atoms with E-state index in [4.69, 9.17) is 9.47 Å². The number of rotatable bonds is 12. The summed E-state index contributed by atoms with van der Waals surface area (Å²) in [5.41, 5.74) is 2.23. The number of hydrogen-bond acceptors (Lipinski definition) is 4. The SMILES string of the molecule is CCN(CC)CCCNCc1c(Br)ccc(OC)c1OCc1ccccc1. The van der Waals surface area contributed by atoms with Crippen LogP contribution in [0.4, 0.5) is 0 Å². The number of hydrogen-bond donors (Lipinski definition) is 1. The van der Waals surface area contributed by atoms with Crippen LogP contribution in [0.1, 0.15) is 31.4 Å². The van der Waals surface area contributed by atoms with Crippen molar-refractivity contribution in [1.29, 1.82) is 0 Å². The van der Waals surface area contributed by atoms with E-state index >= 15 is 0 Å². The van der Waals surface area contributed by atoms with Gasteiger partial charge < -0.3 is 19.7 Å². The zero-order chi connectivity index (χ0) is 19.5. The van der Waals surface area contributed by atoms with Gasteiger partial charge in [0.25, 0.3) is 0 Å². The first-order valence-corrected chi connectivity index (χ1v) is 10.4. The van der Waals surface area contributed by atoms with Gasteiger partial charge in [-0.05, 0) is 50.3 Å². The van der Waals surface area contributed by atoms with Crippen molar-refractivity contribution in [1.82, 2.24) is 10.2 Å². The third-order valence-corrected chi connectivity index (χ3v) is 5.38. The average Bonchev–Trinajstić information content (AvgIpc) is 2.71. The van der Waals surface area contributed by atoms with Crippen LogP contribution in [0.3, 0.4) is 0 Å². The fraction of sp³-hybridized carbons (Fsp3) is 0.455. The van der Waals surface area contributed by atoms with E-state index < -0.39 is 0 Å². The van der Waals surface area contributed by atoms with Crippen LogP contribution in [0, 0.1) is 0 Å². The van der Waals surface area contributed by atoms with Crippen molar-refractivity contribution in [3.63, 3.8) is 0 Å². The Hall–Kier alpha value is -1.56. The van der Waals surface area contributed by atoms with Gasteiger partial charge in [0, 0.05) is 16.6 Å². The van der Waals surface area contributed by atoms with Crippen LogP contribution >= 0.6 is 15.9 Å². The summed E-state index contributed by atoms with van der Waals surface area (Å²) in [7, 11) is 1.68. The molecule has 0 atom stereocenters. The van der Waals surface area contributed by atoms with Crippen molar-refractivity contribution in [2.45, 2.75) is 33.4 Å². The van der Waals surface area contributed by atoms with Crippen LogP contribution in [0.5, 0.6) is 11.5 Å². The fourth-order valence-corrected chi connectivity index (χ4v) is 3.43. The maximum atomic E-state index is 6.15. The summed E-state index contributed by atoms with van der Waals surface area (Å²) in [6.45, 7) is 9.98. The predicted octanol–water partition coefficient (Wildman–Crippen LogP) is 4.86. The summed E-state index contributed by atoms with van der Waals surface area (Å²) in [6.07, 6.45) is 1.13. The highest BCUT2D eigenvalue weighted by Gasteiger charge is 2.14. The lowest BCUT2D eigenvalue weighted by Crippen LogP contribution is -2.27. The maximum absolute atomic E-state index is 6.15. The van der Waals surface area contributed by atoms with Gasteiger partial charge in [-0.15, -0.1) is 0 Å². The molecule has 148 valence electrons. The van der Waals surface area contributed by atoms with Crippen molar-refractivity contribution in [2.75, 3.05) is 33.3 Å². The topological polar surface area (TPSA) is 33.7 Å². The van der Waals surface area contributed by atoms with Crippen molar-refractivity contribution < 1.29 is 9.47 Å². The lowest BCUT2D eigenvalue weighted by Gasteiger charge is -2.19. The van der Waals surface area contributed by atoms with Crippen LogP contribution in [-0.4, -0.2) is 38.2 Å². The van der Waals surface area contributed by atoms with Gasteiger partial charge in [-0.1, -0.05) is 60.1 Å². The van der Waals surface area contributed by atoms with E-state index in [2.05, 4.69) is 52.1 Å². The molecule has 0 aromatic heterocycles. The third kappa shape index (κ3) is 6.83. The highest BCUT2D eigenvalue weighted by Crippen LogP contribution is 2.36. The molecule has 0 saturated heterocycles. The van der Waals surface area contributed by atoms with Crippen LogP contribution in [0.25, 0.3) is 0 Å². The fourth-order valence-electron chi connectivity index (χ4n) is 2.98. The van der Waals surface area contributed by atoms with Crippen LogP contribution < -0.4 is 14.8 Å². The summed E-state index contributed by atoms with van der Waals surface area (Å²) in [6, 6.07) is 14.1. The molecule has 4 nitrogen and oxygen atoms in total. The number of benzene rings is 2. The van der Waals surface area contributed by atoms with E-state index in [1.54, 1.807) is 7.11 Å². The highest BCUT2D eigenvalue weighted by molar-refractivity contribution is 9.10. The van der Waals surface area contributed by atoms with Gasteiger partial charge in [0.1, 0.15) is 6.61 Å². The Morgan fingerprint density at radius 2 is 1.78 bits per heavy atom. The van der Waals surface area contributed by atoms with Crippen molar-refractivity contribution in [3.8, 4) is 11.5 Å². The third-order valence-electron chi connectivity index (χ3n) is 4.64. The van der Waals surface area contributed by atoms with Crippen molar-refractivity contribution >= 4 is 15.9 Å². The normalized spacial score (nSPS) is 11.0. The quantitative estimate of drug-likeness (QED) is 0.483. The Kier molecular flexibility index (Phi) is 9.67. The minimum Gasteiger partial charge on any atom is -0.493 e. The van der Waals surface area contributed by atoms with Crippen LogP contribution in [0.15, 0.2) is 46.9 Å². The van der Waals surface area contributed by atoms with Gasteiger partial charge in [-0.25, -0.2) is 0 Å². The summed E-state index contributed by atoms with van der Waals surface area (Å²) in [5.74, 6) is 1.56. The monoisotopic (exact) mass is 434 g/mol. The van der Waals surface area contributed by atoms with Crippen molar-refractivity contribution in [2.24, 2.45) is 0 Å². The molecule has 2 aromatic carbocycles. The number of halogens is 1. The van der Waals surface area contributed by atoms with E-state index in [1.807, 2.05) is 30.3 Å². The molecule has 2 aromatic rings. The van der Waals surface area contributed by atoms with Gasteiger partial charge in [0.15, 0.2) is 11.5 Å². The molecule has 0 spiro atoms. The van der Waals surface area contributed by atoms with E-state index in [0.29, 0.717) is 6.61 Å². The molecule has 5 heteroatoms. The summed E-state index contributed by atoms with van der Waals surface area (Å²) < 4.78 is 12.7.